The van der Waals surface area contributed by atoms with Crippen molar-refractivity contribution in [3.8, 4) is 23.0 Å². The van der Waals surface area contributed by atoms with Crippen molar-refractivity contribution in [3.63, 3.8) is 0 Å². The van der Waals surface area contributed by atoms with Crippen molar-refractivity contribution >= 4 is 5.97 Å². The van der Waals surface area contributed by atoms with Crippen LogP contribution in [0, 0.1) is 0 Å². The molecule has 7 heteroatoms. The number of phenolic OH excluding ortho intramolecular Hbond substituents is 4. The van der Waals surface area contributed by atoms with E-state index in [1.165, 1.54) is 0 Å². The number of carbonyl (C=O) groups is 1. The van der Waals surface area contributed by atoms with Crippen LogP contribution in [0.15, 0.2) is 48.5 Å². The molecular formula is C65H98O7. The summed E-state index contributed by atoms with van der Waals surface area (Å²) in [5.74, 6) is -0.0263. The third kappa shape index (κ3) is 14.0. The standard InChI is InChI=1S/C65H98O7/c1-26-52(66)72-57(41-34-50(64(20,21)22)56(70)51(35-41)65(23,24)25)43(40-32-48(62(14,15)16)55(69)49(33-40)63(17,18)19)37-71-36-42(39-30-46(60(8,9)10)54(68)47(31-39)61(11,12)13)27-38-28-44(58(2,3)4)53(67)45(29-38)59(5,6)7/h28-35,42-43,57,67-70H,26-27,36-37H2,1-25H3. The highest BCUT2D eigenvalue weighted by atomic mass is 16.5. The summed E-state index contributed by atoms with van der Waals surface area (Å²) in [7, 11) is 0. The Balaban J connectivity index is 2.14. The number of rotatable bonds is 12. The highest BCUT2D eigenvalue weighted by molar-refractivity contribution is 5.69. The van der Waals surface area contributed by atoms with Crippen LogP contribution in [0.25, 0.3) is 0 Å². The minimum Gasteiger partial charge on any atom is -0.507 e. The number of esters is 1. The molecule has 7 nitrogen and oxygen atoms in total. The zero-order valence-corrected chi connectivity index (χ0v) is 49.7. The first kappa shape index (κ1) is 60.1. The molecule has 0 aliphatic heterocycles. The SMILES string of the molecule is CCC(=O)OC(c1cc(C(C)(C)C)c(O)c(C(C)(C)C)c1)C(COCC(Cc1cc(C(C)(C)C)c(O)c(C(C)(C)C)c1)c1cc(C(C)(C)C)c(O)c(C(C)(C)C)c1)c1cc(C(C)(C)C)c(O)c(C(C)(C)C)c1. The summed E-state index contributed by atoms with van der Waals surface area (Å²) in [6.07, 6.45) is -0.115. The maximum Gasteiger partial charge on any atom is 0.306 e. The number of carbonyl (C=O) groups excluding carboxylic acids is 1. The van der Waals surface area contributed by atoms with Gasteiger partial charge in [0.15, 0.2) is 0 Å². The second-order valence-corrected chi connectivity index (χ2v) is 29.2. The third-order valence-electron chi connectivity index (χ3n) is 14.3. The van der Waals surface area contributed by atoms with Crippen LogP contribution >= 0.6 is 0 Å². The van der Waals surface area contributed by atoms with Gasteiger partial charge >= 0.3 is 5.97 Å². The van der Waals surface area contributed by atoms with Crippen molar-refractivity contribution in [1.29, 1.82) is 0 Å². The molecule has 0 radical (unpaired) electrons. The monoisotopic (exact) mass is 991 g/mol. The van der Waals surface area contributed by atoms with Gasteiger partial charge in [-0.2, -0.15) is 0 Å². The predicted molar refractivity (Wildman–Crippen MR) is 301 cm³/mol. The Kier molecular flexibility index (Phi) is 17.2. The van der Waals surface area contributed by atoms with E-state index in [-0.39, 0.29) is 64.7 Å². The van der Waals surface area contributed by atoms with Crippen LogP contribution in [0.2, 0.25) is 0 Å². The molecule has 4 aromatic rings. The zero-order chi connectivity index (χ0) is 55.4. The number of ether oxygens (including phenoxy) is 2. The first-order valence-electron chi connectivity index (χ1n) is 26.6. The lowest BCUT2D eigenvalue weighted by Crippen LogP contribution is -2.27. The molecule has 0 amide bonds. The maximum absolute atomic E-state index is 13.9. The van der Waals surface area contributed by atoms with E-state index in [9.17, 15) is 25.2 Å². The van der Waals surface area contributed by atoms with Crippen molar-refractivity contribution in [2.75, 3.05) is 13.2 Å². The molecule has 0 saturated heterocycles. The molecule has 4 aromatic carbocycles. The Morgan fingerprint density at radius 3 is 0.944 bits per heavy atom. The van der Waals surface area contributed by atoms with Crippen LogP contribution in [0.4, 0.5) is 0 Å². The van der Waals surface area contributed by atoms with E-state index in [4.69, 9.17) is 9.47 Å². The van der Waals surface area contributed by atoms with Gasteiger partial charge in [-0.15, -0.1) is 0 Å². The fourth-order valence-electron chi connectivity index (χ4n) is 9.83. The molecule has 0 bridgehead atoms. The molecule has 0 spiro atoms. The first-order chi connectivity index (χ1) is 32.3. The van der Waals surface area contributed by atoms with E-state index in [0.29, 0.717) is 17.9 Å². The van der Waals surface area contributed by atoms with Crippen molar-refractivity contribution in [1.82, 2.24) is 0 Å². The molecule has 4 rings (SSSR count). The van der Waals surface area contributed by atoms with E-state index in [2.05, 4.69) is 203 Å². The van der Waals surface area contributed by atoms with Gasteiger partial charge < -0.3 is 29.9 Å². The van der Waals surface area contributed by atoms with Gasteiger partial charge in [0.25, 0.3) is 0 Å². The Morgan fingerprint density at radius 1 is 0.403 bits per heavy atom. The zero-order valence-electron chi connectivity index (χ0n) is 49.7. The molecular weight excluding hydrogens is 893 g/mol. The van der Waals surface area contributed by atoms with Gasteiger partial charge in [0, 0.05) is 18.3 Å². The van der Waals surface area contributed by atoms with E-state index in [1.54, 1.807) is 6.92 Å². The molecule has 0 aliphatic rings. The minimum atomic E-state index is -0.849. The molecule has 72 heavy (non-hydrogen) atoms. The maximum atomic E-state index is 13.9. The van der Waals surface area contributed by atoms with Crippen molar-refractivity contribution < 1.29 is 34.7 Å². The molecule has 3 atom stereocenters. The average molecular weight is 991 g/mol. The summed E-state index contributed by atoms with van der Waals surface area (Å²) >= 11 is 0. The van der Waals surface area contributed by atoms with E-state index < -0.39 is 33.7 Å². The molecule has 0 fully saturated rings. The van der Waals surface area contributed by atoms with Gasteiger partial charge in [-0.1, -0.05) is 209 Å². The van der Waals surface area contributed by atoms with Crippen molar-refractivity contribution in [2.45, 2.75) is 247 Å². The topological polar surface area (TPSA) is 116 Å². The normalized spacial score (nSPS) is 14.8. The lowest BCUT2D eigenvalue weighted by Gasteiger charge is -2.35. The molecule has 400 valence electrons. The van der Waals surface area contributed by atoms with Crippen molar-refractivity contribution in [2.24, 2.45) is 0 Å². The number of phenols is 4. The molecule has 3 unspecified atom stereocenters. The molecule has 4 N–H and O–H groups in total. The van der Waals surface area contributed by atoms with Gasteiger partial charge in [-0.25, -0.2) is 0 Å². The fraction of sp³-hybridized carbons (Fsp3) is 0.615. The smallest absolute Gasteiger partial charge is 0.306 e. The van der Waals surface area contributed by atoms with E-state index in [0.717, 1.165) is 66.8 Å². The van der Waals surface area contributed by atoms with Gasteiger partial charge in [0.2, 0.25) is 0 Å². The van der Waals surface area contributed by atoms with E-state index >= 15 is 0 Å². The lowest BCUT2D eigenvalue weighted by atomic mass is 9.74. The molecule has 0 heterocycles. The number of aromatic hydroxyl groups is 4. The summed E-state index contributed by atoms with van der Waals surface area (Å²) in [4.78, 5) is 13.9. The number of hydrogen-bond donors (Lipinski definition) is 4. The summed E-state index contributed by atoms with van der Waals surface area (Å²) in [6, 6.07) is 16.8. The Morgan fingerprint density at radius 2 is 0.667 bits per heavy atom. The Bertz CT molecular complexity index is 2430. The van der Waals surface area contributed by atoms with Crippen LogP contribution in [0.1, 0.15) is 264 Å². The predicted octanol–water partition coefficient (Wildman–Crippen LogP) is 16.7. The second kappa shape index (κ2) is 20.7. The minimum absolute atomic E-state index is 0.138. The lowest BCUT2D eigenvalue weighted by molar-refractivity contribution is -0.151. The van der Waals surface area contributed by atoms with Gasteiger partial charge in [-0.3, -0.25) is 4.79 Å². The summed E-state index contributed by atoms with van der Waals surface area (Å²) in [5.41, 5.74) is 7.10. The second-order valence-electron chi connectivity index (χ2n) is 29.2. The molecule has 0 aliphatic carbocycles. The average Bonchev–Trinajstić information content (AvgIpc) is 3.18. The largest absolute Gasteiger partial charge is 0.507 e. The summed E-state index contributed by atoms with van der Waals surface area (Å²) < 4.78 is 13.9. The van der Waals surface area contributed by atoms with Crippen LogP contribution in [0.3, 0.4) is 0 Å². The summed E-state index contributed by atoms with van der Waals surface area (Å²) in [6.45, 7) is 52.9. The first-order valence-corrected chi connectivity index (χ1v) is 26.6. The van der Waals surface area contributed by atoms with E-state index in [1.807, 2.05) is 12.1 Å². The highest BCUT2D eigenvalue weighted by Gasteiger charge is 2.38. The van der Waals surface area contributed by atoms with Crippen LogP contribution in [-0.2, 0) is 64.0 Å². The number of benzene rings is 4. The quantitative estimate of drug-likeness (QED) is 0.104. The Hall–Kier alpha value is -4.49. The van der Waals surface area contributed by atoms with Gasteiger partial charge in [0.05, 0.1) is 13.2 Å². The van der Waals surface area contributed by atoms with Gasteiger partial charge in [0.1, 0.15) is 29.1 Å². The summed E-state index contributed by atoms with van der Waals surface area (Å²) in [5, 5.41) is 47.8. The van der Waals surface area contributed by atoms with Gasteiger partial charge in [-0.05, 0) is 129 Å². The fourth-order valence-corrected chi connectivity index (χ4v) is 9.83. The van der Waals surface area contributed by atoms with Crippen LogP contribution in [0.5, 0.6) is 23.0 Å². The third-order valence-corrected chi connectivity index (χ3v) is 14.3. The van der Waals surface area contributed by atoms with Crippen LogP contribution < -0.4 is 0 Å². The highest BCUT2D eigenvalue weighted by Crippen LogP contribution is 2.49. The van der Waals surface area contributed by atoms with Crippen molar-refractivity contribution in [3.05, 3.63) is 115 Å². The number of hydrogen-bond acceptors (Lipinski definition) is 7. The van der Waals surface area contributed by atoms with Crippen LogP contribution in [-0.4, -0.2) is 39.6 Å². The molecule has 0 saturated carbocycles. The Labute approximate surface area is 437 Å². The molecule has 0 aromatic heterocycles.